The summed E-state index contributed by atoms with van der Waals surface area (Å²) in [5, 5.41) is 3.13. The van der Waals surface area contributed by atoms with Crippen LogP contribution >= 0.6 is 0 Å². The maximum Gasteiger partial charge on any atom is 0.261 e. The highest BCUT2D eigenvalue weighted by atomic mass is 16.5. The summed E-state index contributed by atoms with van der Waals surface area (Å²) in [6.45, 7) is 8.38. The number of amides is 2. The summed E-state index contributed by atoms with van der Waals surface area (Å²) < 4.78 is 5.79. The number of hydrogen-bond donors (Lipinski definition) is 1. The average molecular weight is 437 g/mol. The van der Waals surface area contributed by atoms with Gasteiger partial charge in [-0.05, 0) is 61.4 Å². The number of carbonyl (C=O) groups excluding carboxylic acids is 2. The number of carbonyl (C=O) groups is 2. The molecule has 0 saturated heterocycles. The second kappa shape index (κ2) is 11.2. The van der Waals surface area contributed by atoms with Gasteiger partial charge in [0.2, 0.25) is 5.91 Å². The van der Waals surface area contributed by atoms with Gasteiger partial charge in [-0.25, -0.2) is 0 Å². The molecule has 0 aliphatic heterocycles. The monoisotopic (exact) mass is 436 g/mol. The van der Waals surface area contributed by atoms with Crippen LogP contribution in [0, 0.1) is 6.92 Å². The fourth-order valence-electron chi connectivity index (χ4n) is 4.12. The highest BCUT2D eigenvalue weighted by Gasteiger charge is 2.29. The minimum Gasteiger partial charge on any atom is -0.484 e. The van der Waals surface area contributed by atoms with Crippen LogP contribution in [0.5, 0.6) is 5.75 Å². The molecule has 172 valence electrons. The molecule has 0 heterocycles. The summed E-state index contributed by atoms with van der Waals surface area (Å²) in [6, 6.07) is 15.4. The zero-order chi connectivity index (χ0) is 23.1. The predicted molar refractivity (Wildman–Crippen MR) is 128 cm³/mol. The summed E-state index contributed by atoms with van der Waals surface area (Å²) in [5.74, 6) is 0.798. The summed E-state index contributed by atoms with van der Waals surface area (Å²) in [5.41, 5.74) is 3.35. The molecule has 32 heavy (non-hydrogen) atoms. The zero-order valence-corrected chi connectivity index (χ0v) is 19.8. The van der Waals surface area contributed by atoms with Crippen molar-refractivity contribution in [1.29, 1.82) is 0 Å². The number of ether oxygens (including phenoxy) is 1. The van der Waals surface area contributed by atoms with E-state index in [-0.39, 0.29) is 24.5 Å². The molecule has 2 amide bonds. The Balaban J connectivity index is 1.70. The molecule has 0 spiro atoms. The Morgan fingerprint density at radius 2 is 1.69 bits per heavy atom. The van der Waals surface area contributed by atoms with Crippen molar-refractivity contribution in [3.05, 3.63) is 65.2 Å². The maximum absolute atomic E-state index is 13.2. The highest BCUT2D eigenvalue weighted by Crippen LogP contribution is 2.20. The molecule has 2 aromatic rings. The van der Waals surface area contributed by atoms with Crippen LogP contribution in [0.4, 0.5) is 0 Å². The first-order valence-corrected chi connectivity index (χ1v) is 11.7. The Hall–Kier alpha value is -2.82. The molecule has 1 saturated carbocycles. The Bertz CT molecular complexity index is 901. The number of aryl methyl sites for hydroxylation is 1. The lowest BCUT2D eigenvalue weighted by Crippen LogP contribution is -2.50. The van der Waals surface area contributed by atoms with Crippen LogP contribution in [0.3, 0.4) is 0 Å². The number of benzene rings is 2. The number of hydrogen-bond acceptors (Lipinski definition) is 3. The van der Waals surface area contributed by atoms with Gasteiger partial charge in [0, 0.05) is 12.6 Å². The Labute approximate surface area is 192 Å². The van der Waals surface area contributed by atoms with Crippen LogP contribution in [0.15, 0.2) is 48.5 Å². The fraction of sp³-hybridized carbons (Fsp3) is 0.481. The van der Waals surface area contributed by atoms with Gasteiger partial charge in [0.1, 0.15) is 11.8 Å². The van der Waals surface area contributed by atoms with Crippen molar-refractivity contribution in [3.63, 3.8) is 0 Å². The van der Waals surface area contributed by atoms with Gasteiger partial charge in [-0.15, -0.1) is 0 Å². The van der Waals surface area contributed by atoms with E-state index in [2.05, 4.69) is 19.2 Å². The van der Waals surface area contributed by atoms with E-state index in [1.54, 1.807) is 11.8 Å². The molecule has 1 atom stereocenters. The Morgan fingerprint density at radius 1 is 1.03 bits per heavy atom. The second-order valence-electron chi connectivity index (χ2n) is 9.13. The molecule has 1 N–H and O–H groups in total. The lowest BCUT2D eigenvalue weighted by Gasteiger charge is -2.30. The van der Waals surface area contributed by atoms with Crippen molar-refractivity contribution < 1.29 is 14.3 Å². The fourth-order valence-corrected chi connectivity index (χ4v) is 4.12. The molecular formula is C27H36N2O3. The van der Waals surface area contributed by atoms with Crippen molar-refractivity contribution >= 4 is 11.8 Å². The Morgan fingerprint density at radius 3 is 2.31 bits per heavy atom. The molecule has 0 unspecified atom stereocenters. The van der Waals surface area contributed by atoms with Crippen LogP contribution in [0.1, 0.15) is 69.1 Å². The van der Waals surface area contributed by atoms with Crippen molar-refractivity contribution in [2.24, 2.45) is 0 Å². The van der Waals surface area contributed by atoms with Gasteiger partial charge in [-0.2, -0.15) is 0 Å². The maximum atomic E-state index is 13.2. The first-order valence-electron chi connectivity index (χ1n) is 11.7. The van der Waals surface area contributed by atoms with Crippen LogP contribution in [0.2, 0.25) is 0 Å². The van der Waals surface area contributed by atoms with Crippen LogP contribution in [0.25, 0.3) is 0 Å². The highest BCUT2D eigenvalue weighted by molar-refractivity contribution is 5.88. The standard InChI is InChI=1S/C27H36N2O3/c1-19(2)22-13-15-25(16-14-22)32-18-26(30)29(17-23-10-6-5-9-20(23)3)21(4)27(31)28-24-11-7-8-12-24/h5-6,9-10,13-16,19,21,24H,7-8,11-12,17-18H2,1-4H3,(H,28,31)/t21-/m0/s1. The van der Waals surface area contributed by atoms with Gasteiger partial charge in [0.25, 0.3) is 5.91 Å². The van der Waals surface area contributed by atoms with Crippen molar-refractivity contribution in [2.75, 3.05) is 6.61 Å². The van der Waals surface area contributed by atoms with E-state index in [1.165, 1.54) is 5.56 Å². The largest absolute Gasteiger partial charge is 0.484 e. The zero-order valence-electron chi connectivity index (χ0n) is 19.8. The van der Waals surface area contributed by atoms with Crippen molar-refractivity contribution in [1.82, 2.24) is 10.2 Å². The van der Waals surface area contributed by atoms with Gasteiger partial charge in [-0.1, -0.05) is 63.1 Å². The molecule has 5 heteroatoms. The lowest BCUT2D eigenvalue weighted by molar-refractivity contribution is -0.142. The first kappa shape index (κ1) is 23.8. The molecule has 5 nitrogen and oxygen atoms in total. The van der Waals surface area contributed by atoms with E-state index in [4.69, 9.17) is 4.74 Å². The topological polar surface area (TPSA) is 58.6 Å². The van der Waals surface area contributed by atoms with Gasteiger partial charge >= 0.3 is 0 Å². The Kier molecular flexibility index (Phi) is 8.32. The van der Waals surface area contributed by atoms with Crippen LogP contribution in [-0.2, 0) is 16.1 Å². The van der Waals surface area contributed by atoms with Gasteiger partial charge in [0.05, 0.1) is 0 Å². The molecule has 0 radical (unpaired) electrons. The summed E-state index contributed by atoms with van der Waals surface area (Å²) in [7, 11) is 0. The molecular weight excluding hydrogens is 400 g/mol. The summed E-state index contributed by atoms with van der Waals surface area (Å²) in [6.07, 6.45) is 4.32. The summed E-state index contributed by atoms with van der Waals surface area (Å²) in [4.78, 5) is 27.8. The van der Waals surface area contributed by atoms with Crippen LogP contribution in [-0.4, -0.2) is 35.4 Å². The van der Waals surface area contributed by atoms with Crippen molar-refractivity contribution in [3.8, 4) is 5.75 Å². The molecule has 0 aromatic heterocycles. The molecule has 1 fully saturated rings. The van der Waals surface area contributed by atoms with E-state index in [0.29, 0.717) is 18.2 Å². The minimum absolute atomic E-state index is 0.0971. The third-order valence-corrected chi connectivity index (χ3v) is 6.38. The van der Waals surface area contributed by atoms with Gasteiger partial charge < -0.3 is 15.0 Å². The van der Waals surface area contributed by atoms with E-state index in [9.17, 15) is 9.59 Å². The minimum atomic E-state index is -0.574. The van der Waals surface area contributed by atoms with E-state index in [0.717, 1.165) is 36.8 Å². The number of nitrogens with zero attached hydrogens (tertiary/aromatic N) is 1. The third-order valence-electron chi connectivity index (χ3n) is 6.38. The summed E-state index contributed by atoms with van der Waals surface area (Å²) >= 11 is 0. The smallest absolute Gasteiger partial charge is 0.261 e. The quantitative estimate of drug-likeness (QED) is 0.604. The van der Waals surface area contributed by atoms with E-state index in [1.807, 2.05) is 55.5 Å². The molecule has 1 aliphatic rings. The molecule has 2 aromatic carbocycles. The van der Waals surface area contributed by atoms with E-state index < -0.39 is 6.04 Å². The van der Waals surface area contributed by atoms with Crippen molar-refractivity contribution in [2.45, 2.75) is 77.9 Å². The first-order chi connectivity index (χ1) is 15.3. The van der Waals surface area contributed by atoms with Gasteiger partial charge in [0.15, 0.2) is 6.61 Å². The van der Waals surface area contributed by atoms with E-state index >= 15 is 0 Å². The van der Waals surface area contributed by atoms with Gasteiger partial charge in [-0.3, -0.25) is 9.59 Å². The lowest BCUT2D eigenvalue weighted by atomic mass is 10.0. The molecule has 3 rings (SSSR count). The molecule has 1 aliphatic carbocycles. The second-order valence-corrected chi connectivity index (χ2v) is 9.13. The third kappa shape index (κ3) is 6.35. The number of rotatable bonds is 9. The average Bonchev–Trinajstić information content (AvgIpc) is 3.29. The normalized spacial score (nSPS) is 14.9. The SMILES string of the molecule is Cc1ccccc1CN(C(=O)COc1ccc(C(C)C)cc1)[C@@H](C)C(=O)NC1CCCC1. The molecule has 0 bridgehead atoms. The van der Waals surface area contributed by atoms with Crippen LogP contribution < -0.4 is 10.1 Å². The predicted octanol–water partition coefficient (Wildman–Crippen LogP) is 4.97. The number of nitrogens with one attached hydrogen (secondary N) is 1.